The number of aromatic nitrogens is 2. The first-order valence-electron chi connectivity index (χ1n) is 7.09. The van der Waals surface area contributed by atoms with Gasteiger partial charge in [0.2, 0.25) is 11.7 Å². The largest absolute Gasteiger partial charge is 0.338 e. The number of hydrogen-bond donors (Lipinski definition) is 1. The SMILES string of the molecule is Clc1ccccc1-c1noc([C@@]23CCC[C@@H]2CNC3)n1. The Morgan fingerprint density at radius 1 is 1.35 bits per heavy atom. The van der Waals surface area contributed by atoms with E-state index in [1.807, 2.05) is 24.3 Å². The fourth-order valence-electron chi connectivity index (χ4n) is 3.68. The monoisotopic (exact) mass is 289 g/mol. The number of nitrogens with one attached hydrogen (secondary N) is 1. The smallest absolute Gasteiger partial charge is 0.234 e. The zero-order valence-corrected chi connectivity index (χ0v) is 11.9. The van der Waals surface area contributed by atoms with E-state index in [-0.39, 0.29) is 5.41 Å². The average Bonchev–Trinajstić information content (AvgIpc) is 3.13. The minimum absolute atomic E-state index is 0.0481. The van der Waals surface area contributed by atoms with Gasteiger partial charge < -0.3 is 9.84 Å². The molecule has 1 aromatic carbocycles. The summed E-state index contributed by atoms with van der Waals surface area (Å²) in [6.07, 6.45) is 3.63. The van der Waals surface area contributed by atoms with E-state index < -0.39 is 0 Å². The molecule has 4 nitrogen and oxygen atoms in total. The minimum atomic E-state index is 0.0481. The maximum Gasteiger partial charge on any atom is 0.234 e. The normalized spacial score (nSPS) is 28.8. The molecule has 1 N–H and O–H groups in total. The standard InChI is InChI=1S/C15H16ClN3O/c16-12-6-2-1-5-11(12)13-18-14(20-19-13)15-7-3-4-10(15)8-17-9-15/h1-2,5-6,10,17H,3-4,7-9H2/t10-,15-/m1/s1. The lowest BCUT2D eigenvalue weighted by molar-refractivity contribution is 0.265. The van der Waals surface area contributed by atoms with Crippen molar-refractivity contribution in [1.29, 1.82) is 0 Å². The summed E-state index contributed by atoms with van der Waals surface area (Å²) in [6, 6.07) is 7.61. The van der Waals surface area contributed by atoms with Crippen molar-refractivity contribution < 1.29 is 4.52 Å². The molecule has 20 heavy (non-hydrogen) atoms. The third kappa shape index (κ3) is 1.71. The topological polar surface area (TPSA) is 51.0 Å². The third-order valence-electron chi connectivity index (χ3n) is 4.75. The zero-order chi connectivity index (χ0) is 13.6. The van der Waals surface area contributed by atoms with Crippen molar-refractivity contribution in [1.82, 2.24) is 15.5 Å². The van der Waals surface area contributed by atoms with Gasteiger partial charge in [-0.2, -0.15) is 4.98 Å². The summed E-state index contributed by atoms with van der Waals surface area (Å²) in [5.41, 5.74) is 0.882. The van der Waals surface area contributed by atoms with Crippen molar-refractivity contribution in [2.75, 3.05) is 13.1 Å². The highest BCUT2D eigenvalue weighted by Gasteiger charge is 2.51. The lowest BCUT2D eigenvalue weighted by Gasteiger charge is -2.22. The summed E-state index contributed by atoms with van der Waals surface area (Å²) in [4.78, 5) is 4.65. The Bertz CT molecular complexity index is 630. The molecular formula is C15H16ClN3O. The van der Waals surface area contributed by atoms with Crippen LogP contribution < -0.4 is 5.32 Å². The quantitative estimate of drug-likeness (QED) is 0.923. The van der Waals surface area contributed by atoms with Crippen molar-refractivity contribution in [3.05, 3.63) is 35.2 Å². The predicted octanol–water partition coefficient (Wildman–Crippen LogP) is 3.03. The van der Waals surface area contributed by atoms with E-state index in [2.05, 4.69) is 15.5 Å². The molecule has 104 valence electrons. The summed E-state index contributed by atoms with van der Waals surface area (Å²) in [5.74, 6) is 2.00. The van der Waals surface area contributed by atoms with Crippen LogP contribution in [-0.4, -0.2) is 23.2 Å². The summed E-state index contributed by atoms with van der Waals surface area (Å²) in [5, 5.41) is 8.28. The van der Waals surface area contributed by atoms with Crippen molar-refractivity contribution >= 4 is 11.6 Å². The van der Waals surface area contributed by atoms with E-state index in [0.29, 0.717) is 16.8 Å². The van der Waals surface area contributed by atoms with Crippen molar-refractivity contribution in [3.63, 3.8) is 0 Å². The van der Waals surface area contributed by atoms with Crippen LogP contribution in [0, 0.1) is 5.92 Å². The van der Waals surface area contributed by atoms with E-state index in [0.717, 1.165) is 31.0 Å². The summed E-state index contributed by atoms with van der Waals surface area (Å²) in [7, 11) is 0. The van der Waals surface area contributed by atoms with Gasteiger partial charge in [-0.15, -0.1) is 0 Å². The van der Waals surface area contributed by atoms with Crippen LogP contribution in [0.15, 0.2) is 28.8 Å². The van der Waals surface area contributed by atoms with Crippen molar-refractivity contribution in [3.8, 4) is 11.4 Å². The lowest BCUT2D eigenvalue weighted by atomic mass is 9.80. The van der Waals surface area contributed by atoms with Crippen LogP contribution in [-0.2, 0) is 5.41 Å². The molecule has 0 bridgehead atoms. The molecule has 2 aliphatic rings. The van der Waals surface area contributed by atoms with Gasteiger partial charge >= 0.3 is 0 Å². The van der Waals surface area contributed by atoms with Crippen molar-refractivity contribution in [2.24, 2.45) is 5.92 Å². The summed E-state index contributed by atoms with van der Waals surface area (Å²) < 4.78 is 5.60. The fraction of sp³-hybridized carbons (Fsp3) is 0.467. The number of rotatable bonds is 2. The van der Waals surface area contributed by atoms with Crippen LogP contribution >= 0.6 is 11.6 Å². The van der Waals surface area contributed by atoms with E-state index in [1.54, 1.807) is 0 Å². The van der Waals surface area contributed by atoms with Crippen LogP contribution in [0.2, 0.25) is 5.02 Å². The molecule has 1 saturated heterocycles. The van der Waals surface area contributed by atoms with Gasteiger partial charge in [0, 0.05) is 12.1 Å². The highest BCUT2D eigenvalue weighted by molar-refractivity contribution is 6.33. The second kappa shape index (κ2) is 4.57. The van der Waals surface area contributed by atoms with Crippen LogP contribution in [0.4, 0.5) is 0 Å². The Morgan fingerprint density at radius 2 is 2.25 bits per heavy atom. The van der Waals surface area contributed by atoms with Gasteiger partial charge in [0.25, 0.3) is 0 Å². The first-order valence-corrected chi connectivity index (χ1v) is 7.47. The molecule has 2 atom stereocenters. The van der Waals surface area contributed by atoms with Gasteiger partial charge in [0.05, 0.1) is 10.4 Å². The van der Waals surface area contributed by atoms with Crippen LogP contribution in [0.1, 0.15) is 25.2 Å². The predicted molar refractivity (Wildman–Crippen MR) is 76.6 cm³/mol. The number of nitrogens with zero attached hydrogens (tertiary/aromatic N) is 2. The molecule has 0 unspecified atom stereocenters. The van der Waals surface area contributed by atoms with E-state index in [4.69, 9.17) is 16.1 Å². The Morgan fingerprint density at radius 3 is 3.15 bits per heavy atom. The first-order chi connectivity index (χ1) is 9.79. The minimum Gasteiger partial charge on any atom is -0.338 e. The molecule has 1 aliphatic heterocycles. The number of benzene rings is 1. The maximum atomic E-state index is 6.20. The Balaban J connectivity index is 1.74. The molecule has 0 radical (unpaired) electrons. The average molecular weight is 290 g/mol. The Labute approximate surface area is 122 Å². The van der Waals surface area contributed by atoms with E-state index in [1.165, 1.54) is 12.8 Å². The highest BCUT2D eigenvalue weighted by Crippen LogP contribution is 2.47. The lowest BCUT2D eigenvalue weighted by Crippen LogP contribution is -2.31. The van der Waals surface area contributed by atoms with Crippen LogP contribution in [0.5, 0.6) is 0 Å². The molecular weight excluding hydrogens is 274 g/mol. The first kappa shape index (κ1) is 12.4. The van der Waals surface area contributed by atoms with E-state index >= 15 is 0 Å². The molecule has 1 aromatic heterocycles. The Kier molecular flexibility index (Phi) is 2.82. The number of hydrogen-bond acceptors (Lipinski definition) is 4. The second-order valence-corrected chi connectivity index (χ2v) is 6.19. The molecule has 0 spiro atoms. The van der Waals surface area contributed by atoms with Gasteiger partial charge in [-0.3, -0.25) is 0 Å². The maximum absolute atomic E-state index is 6.20. The van der Waals surface area contributed by atoms with Gasteiger partial charge in [0.1, 0.15) is 0 Å². The van der Waals surface area contributed by atoms with Gasteiger partial charge in [-0.05, 0) is 37.4 Å². The van der Waals surface area contributed by atoms with Crippen LogP contribution in [0.3, 0.4) is 0 Å². The zero-order valence-electron chi connectivity index (χ0n) is 11.1. The van der Waals surface area contributed by atoms with Crippen LogP contribution in [0.25, 0.3) is 11.4 Å². The molecule has 0 amide bonds. The number of fused-ring (bicyclic) bond motifs is 1. The van der Waals surface area contributed by atoms with Gasteiger partial charge in [-0.1, -0.05) is 35.3 Å². The highest BCUT2D eigenvalue weighted by atomic mass is 35.5. The molecule has 5 heteroatoms. The molecule has 1 aliphatic carbocycles. The van der Waals surface area contributed by atoms with Crippen molar-refractivity contribution in [2.45, 2.75) is 24.7 Å². The number of halogens is 1. The second-order valence-electron chi connectivity index (χ2n) is 5.78. The molecule has 2 heterocycles. The molecule has 1 saturated carbocycles. The van der Waals surface area contributed by atoms with Gasteiger partial charge in [0.15, 0.2) is 0 Å². The molecule has 2 aromatic rings. The van der Waals surface area contributed by atoms with Gasteiger partial charge in [-0.25, -0.2) is 0 Å². The molecule has 2 fully saturated rings. The summed E-state index contributed by atoms with van der Waals surface area (Å²) >= 11 is 6.20. The van der Waals surface area contributed by atoms with E-state index in [9.17, 15) is 0 Å². The Hall–Kier alpha value is -1.39. The summed E-state index contributed by atoms with van der Waals surface area (Å²) in [6.45, 7) is 2.01. The molecule has 4 rings (SSSR count). The third-order valence-corrected chi connectivity index (χ3v) is 5.08. The fourth-order valence-corrected chi connectivity index (χ4v) is 3.90.